The van der Waals surface area contributed by atoms with Gasteiger partial charge in [-0.3, -0.25) is 0 Å². The maximum absolute atomic E-state index is 5.50. The lowest BCUT2D eigenvalue weighted by Crippen LogP contribution is -2.11. The van der Waals surface area contributed by atoms with Crippen molar-refractivity contribution in [3.63, 3.8) is 0 Å². The van der Waals surface area contributed by atoms with Crippen molar-refractivity contribution in [2.24, 2.45) is 5.73 Å². The Kier molecular flexibility index (Phi) is 4.07. The third kappa shape index (κ3) is 2.12. The van der Waals surface area contributed by atoms with Crippen molar-refractivity contribution in [1.82, 2.24) is 15.0 Å². The zero-order valence-corrected chi connectivity index (χ0v) is 9.32. The fraction of sp³-hybridized carbons (Fsp3) is 0.800. The molecule has 0 amide bonds. The molecule has 0 aliphatic rings. The Morgan fingerprint density at radius 2 is 2.00 bits per heavy atom. The zero-order valence-electron chi connectivity index (χ0n) is 9.32. The second kappa shape index (κ2) is 5.10. The summed E-state index contributed by atoms with van der Waals surface area (Å²) in [4.78, 5) is 0. The largest absolute Gasteiger partial charge is 0.330 e. The number of rotatable bonds is 5. The summed E-state index contributed by atoms with van der Waals surface area (Å²) in [7, 11) is 0. The number of aromatic nitrogens is 3. The second-order valence-electron chi connectivity index (χ2n) is 3.58. The van der Waals surface area contributed by atoms with Gasteiger partial charge in [-0.1, -0.05) is 19.1 Å². The van der Waals surface area contributed by atoms with Gasteiger partial charge in [0.05, 0.1) is 17.4 Å². The average molecular weight is 196 g/mol. The highest BCUT2D eigenvalue weighted by atomic mass is 15.4. The first-order valence-electron chi connectivity index (χ1n) is 5.35. The quantitative estimate of drug-likeness (QED) is 0.775. The number of hydrogen-bond acceptors (Lipinski definition) is 3. The second-order valence-corrected chi connectivity index (χ2v) is 3.58. The van der Waals surface area contributed by atoms with Gasteiger partial charge in [-0.25, -0.2) is 4.68 Å². The molecule has 0 spiro atoms. The highest BCUT2D eigenvalue weighted by molar-refractivity contribution is 5.08. The van der Waals surface area contributed by atoms with Crippen LogP contribution in [0.5, 0.6) is 0 Å². The monoisotopic (exact) mass is 196 g/mol. The Balaban J connectivity index is 2.87. The van der Waals surface area contributed by atoms with E-state index in [1.54, 1.807) is 0 Å². The lowest BCUT2D eigenvalue weighted by Gasteiger charge is -2.13. The minimum absolute atomic E-state index is 0.481. The Morgan fingerprint density at radius 1 is 1.36 bits per heavy atom. The third-order valence-electron chi connectivity index (χ3n) is 2.69. The summed E-state index contributed by atoms with van der Waals surface area (Å²) in [5.41, 5.74) is 7.71. The van der Waals surface area contributed by atoms with Crippen LogP contribution < -0.4 is 5.73 Å². The van der Waals surface area contributed by atoms with Crippen molar-refractivity contribution in [2.75, 3.05) is 6.54 Å². The predicted octanol–water partition coefficient (Wildman–Crippen LogP) is 1.45. The zero-order chi connectivity index (χ0) is 10.6. The number of nitrogens with two attached hydrogens (primary N) is 1. The van der Waals surface area contributed by atoms with Gasteiger partial charge in [0.2, 0.25) is 0 Å². The van der Waals surface area contributed by atoms with E-state index < -0.39 is 0 Å². The maximum atomic E-state index is 5.50. The lowest BCUT2D eigenvalue weighted by atomic mass is 10.1. The molecule has 0 aliphatic heterocycles. The van der Waals surface area contributed by atoms with Gasteiger partial charge in [0.1, 0.15) is 0 Å². The van der Waals surface area contributed by atoms with E-state index in [2.05, 4.69) is 31.1 Å². The highest BCUT2D eigenvalue weighted by Gasteiger charge is 2.13. The highest BCUT2D eigenvalue weighted by Crippen LogP contribution is 2.17. The molecule has 0 saturated carbocycles. The molecule has 0 bridgehead atoms. The Labute approximate surface area is 85.5 Å². The molecule has 0 fully saturated rings. The van der Waals surface area contributed by atoms with Crippen LogP contribution in [0.2, 0.25) is 0 Å². The van der Waals surface area contributed by atoms with E-state index >= 15 is 0 Å². The average Bonchev–Trinajstić information content (AvgIpc) is 2.53. The minimum Gasteiger partial charge on any atom is -0.330 e. The van der Waals surface area contributed by atoms with E-state index in [4.69, 9.17) is 5.73 Å². The fourth-order valence-electron chi connectivity index (χ4n) is 1.72. The summed E-state index contributed by atoms with van der Waals surface area (Å²) in [5, 5.41) is 8.34. The van der Waals surface area contributed by atoms with Crippen molar-refractivity contribution in [3.8, 4) is 0 Å². The molecule has 0 atom stereocenters. The summed E-state index contributed by atoms with van der Waals surface area (Å²) in [5.74, 6) is 0. The topological polar surface area (TPSA) is 56.7 Å². The van der Waals surface area contributed by atoms with Crippen LogP contribution in [-0.2, 0) is 6.42 Å². The van der Waals surface area contributed by atoms with Gasteiger partial charge in [0, 0.05) is 6.42 Å². The van der Waals surface area contributed by atoms with E-state index in [1.165, 1.54) is 5.69 Å². The summed E-state index contributed by atoms with van der Waals surface area (Å²) >= 11 is 0. The molecule has 0 aromatic carbocycles. The Bertz CT molecular complexity index is 276. The molecule has 14 heavy (non-hydrogen) atoms. The summed E-state index contributed by atoms with van der Waals surface area (Å²) < 4.78 is 2.03. The van der Waals surface area contributed by atoms with Gasteiger partial charge in [-0.2, -0.15) is 0 Å². The van der Waals surface area contributed by atoms with Crippen molar-refractivity contribution < 1.29 is 0 Å². The van der Waals surface area contributed by atoms with Gasteiger partial charge in [-0.05, 0) is 26.3 Å². The van der Waals surface area contributed by atoms with Crippen LogP contribution in [0.1, 0.15) is 44.1 Å². The predicted molar refractivity (Wildman–Crippen MR) is 57.1 cm³/mol. The van der Waals surface area contributed by atoms with E-state index in [0.717, 1.165) is 25.0 Å². The van der Waals surface area contributed by atoms with Crippen LogP contribution >= 0.6 is 0 Å². The molecular formula is C10H20N4. The van der Waals surface area contributed by atoms with Crippen molar-refractivity contribution in [1.29, 1.82) is 0 Å². The lowest BCUT2D eigenvalue weighted by molar-refractivity contribution is 0.410. The van der Waals surface area contributed by atoms with Gasteiger partial charge >= 0.3 is 0 Å². The smallest absolute Gasteiger partial charge is 0.0868 e. The molecule has 1 heterocycles. The van der Waals surface area contributed by atoms with Gasteiger partial charge < -0.3 is 5.73 Å². The molecular weight excluding hydrogens is 176 g/mol. The molecule has 0 aliphatic carbocycles. The van der Waals surface area contributed by atoms with Crippen molar-refractivity contribution in [3.05, 3.63) is 11.4 Å². The van der Waals surface area contributed by atoms with Crippen LogP contribution in [-0.4, -0.2) is 21.5 Å². The molecule has 4 nitrogen and oxygen atoms in total. The van der Waals surface area contributed by atoms with Gasteiger partial charge in [0.15, 0.2) is 0 Å². The maximum Gasteiger partial charge on any atom is 0.0868 e. The van der Waals surface area contributed by atoms with Crippen LogP contribution in [0, 0.1) is 6.92 Å². The molecule has 1 rings (SSSR count). The molecule has 80 valence electrons. The van der Waals surface area contributed by atoms with Crippen LogP contribution in [0.15, 0.2) is 0 Å². The Morgan fingerprint density at radius 3 is 2.50 bits per heavy atom. The SMILES string of the molecule is CCC(CC)n1nnc(CCN)c1C. The number of nitrogens with zero attached hydrogens (tertiary/aromatic N) is 3. The molecule has 1 aromatic heterocycles. The normalized spacial score (nSPS) is 11.2. The van der Waals surface area contributed by atoms with Gasteiger partial charge in [0.25, 0.3) is 0 Å². The molecule has 4 heteroatoms. The number of hydrogen-bond donors (Lipinski definition) is 1. The van der Waals surface area contributed by atoms with E-state index in [9.17, 15) is 0 Å². The van der Waals surface area contributed by atoms with Crippen LogP contribution in [0.4, 0.5) is 0 Å². The molecule has 1 aromatic rings. The first kappa shape index (κ1) is 11.2. The Hall–Kier alpha value is -0.900. The first-order valence-corrected chi connectivity index (χ1v) is 5.35. The summed E-state index contributed by atoms with van der Waals surface area (Å²) in [6.45, 7) is 7.07. The van der Waals surface area contributed by atoms with Crippen molar-refractivity contribution in [2.45, 2.75) is 46.1 Å². The molecule has 0 radical (unpaired) electrons. The van der Waals surface area contributed by atoms with E-state index in [0.29, 0.717) is 12.6 Å². The minimum atomic E-state index is 0.481. The summed E-state index contributed by atoms with van der Waals surface area (Å²) in [6, 6.07) is 0.481. The third-order valence-corrected chi connectivity index (χ3v) is 2.69. The van der Waals surface area contributed by atoms with E-state index in [-0.39, 0.29) is 0 Å². The van der Waals surface area contributed by atoms with Crippen LogP contribution in [0.3, 0.4) is 0 Å². The van der Waals surface area contributed by atoms with Gasteiger partial charge in [-0.15, -0.1) is 5.10 Å². The molecule has 0 unspecified atom stereocenters. The molecule has 2 N–H and O–H groups in total. The summed E-state index contributed by atoms with van der Waals surface area (Å²) in [6.07, 6.45) is 3.03. The first-order chi connectivity index (χ1) is 6.74. The van der Waals surface area contributed by atoms with Crippen LogP contribution in [0.25, 0.3) is 0 Å². The van der Waals surface area contributed by atoms with E-state index in [1.807, 2.05) is 4.68 Å². The van der Waals surface area contributed by atoms with Crippen molar-refractivity contribution >= 4 is 0 Å². The fourth-order valence-corrected chi connectivity index (χ4v) is 1.72. The standard InChI is InChI=1S/C10H20N4/c1-4-9(5-2)14-8(3)10(6-7-11)12-13-14/h9H,4-7,11H2,1-3H3. The molecule has 0 saturated heterocycles.